The van der Waals surface area contributed by atoms with Crippen molar-refractivity contribution in [3.8, 4) is 45.5 Å². The lowest BCUT2D eigenvalue weighted by molar-refractivity contribution is 0.201. The maximum Gasteiger partial charge on any atom is 0.203 e. The number of halogens is 2. The van der Waals surface area contributed by atoms with Crippen molar-refractivity contribution in [3.63, 3.8) is 0 Å². The maximum atomic E-state index is 13.9. The molecular formula is C39H40F2N4O4. The second-order valence-corrected chi connectivity index (χ2v) is 12.0. The van der Waals surface area contributed by atoms with Gasteiger partial charge in [0.25, 0.3) is 0 Å². The van der Waals surface area contributed by atoms with E-state index >= 15 is 0 Å². The number of piperidine rings is 1. The largest absolute Gasteiger partial charge is 0.497 e. The fourth-order valence-corrected chi connectivity index (χ4v) is 6.39. The van der Waals surface area contributed by atoms with E-state index in [0.29, 0.717) is 41.1 Å². The Balaban J connectivity index is 1.20. The SMILES string of the molecule is COc1ccc(N(Cc2ccnc(-c3cc(OC)c(OC)c(OC)c3)c2)C2CCN(Cc3ccnc(-c4ccc(F)c(F)c4)c3)CC2)cc1. The Morgan fingerprint density at radius 3 is 1.92 bits per heavy atom. The number of benzene rings is 3. The minimum atomic E-state index is -0.877. The van der Waals surface area contributed by atoms with Gasteiger partial charge in [-0.05, 0) is 103 Å². The lowest BCUT2D eigenvalue weighted by Crippen LogP contribution is -2.44. The van der Waals surface area contributed by atoms with Crippen molar-refractivity contribution in [3.05, 3.63) is 114 Å². The first kappa shape index (κ1) is 33.7. The second kappa shape index (κ2) is 15.3. The molecule has 3 aromatic carbocycles. The summed E-state index contributed by atoms with van der Waals surface area (Å²) in [7, 11) is 6.47. The highest BCUT2D eigenvalue weighted by molar-refractivity contribution is 5.69. The van der Waals surface area contributed by atoms with Gasteiger partial charge < -0.3 is 23.8 Å². The summed E-state index contributed by atoms with van der Waals surface area (Å²) in [6.07, 6.45) is 5.51. The molecule has 0 radical (unpaired) electrons. The molecule has 0 amide bonds. The average Bonchev–Trinajstić information content (AvgIpc) is 3.15. The van der Waals surface area contributed by atoms with E-state index in [1.807, 2.05) is 42.6 Å². The molecule has 0 saturated carbocycles. The first-order chi connectivity index (χ1) is 23.9. The quantitative estimate of drug-likeness (QED) is 0.134. The summed E-state index contributed by atoms with van der Waals surface area (Å²) < 4.78 is 49.5. The third-order valence-corrected chi connectivity index (χ3v) is 8.99. The van der Waals surface area contributed by atoms with E-state index in [1.165, 1.54) is 6.07 Å². The van der Waals surface area contributed by atoms with Crippen LogP contribution in [-0.4, -0.2) is 62.4 Å². The van der Waals surface area contributed by atoms with Crippen LogP contribution in [0, 0.1) is 11.6 Å². The van der Waals surface area contributed by atoms with Gasteiger partial charge in [-0.3, -0.25) is 14.9 Å². The summed E-state index contributed by atoms with van der Waals surface area (Å²) in [6.45, 7) is 3.26. The number of nitrogens with zero attached hydrogens (tertiary/aromatic N) is 4. The van der Waals surface area contributed by atoms with Crippen molar-refractivity contribution in [2.24, 2.45) is 0 Å². The Kier molecular flexibility index (Phi) is 10.5. The zero-order valence-corrected chi connectivity index (χ0v) is 28.2. The maximum absolute atomic E-state index is 13.9. The first-order valence-corrected chi connectivity index (χ1v) is 16.2. The minimum absolute atomic E-state index is 0.303. The molecule has 6 rings (SSSR count). The first-order valence-electron chi connectivity index (χ1n) is 16.2. The number of hydrogen-bond donors (Lipinski definition) is 0. The molecule has 1 aliphatic heterocycles. The molecule has 0 unspecified atom stereocenters. The molecule has 49 heavy (non-hydrogen) atoms. The summed E-state index contributed by atoms with van der Waals surface area (Å²) >= 11 is 0. The average molecular weight is 667 g/mol. The molecule has 1 fully saturated rings. The summed E-state index contributed by atoms with van der Waals surface area (Å²) in [6, 6.07) is 24.3. The van der Waals surface area contributed by atoms with E-state index in [9.17, 15) is 8.78 Å². The molecule has 0 aliphatic carbocycles. The number of pyridine rings is 2. The summed E-state index contributed by atoms with van der Waals surface area (Å²) in [4.78, 5) is 14.0. The fourth-order valence-electron chi connectivity index (χ4n) is 6.39. The van der Waals surface area contributed by atoms with E-state index in [4.69, 9.17) is 18.9 Å². The normalized spacial score (nSPS) is 13.6. The van der Waals surface area contributed by atoms with Gasteiger partial charge in [-0.15, -0.1) is 0 Å². The predicted octanol–water partition coefficient (Wildman–Crippen LogP) is 7.79. The number of ether oxygens (including phenoxy) is 4. The number of aromatic nitrogens is 2. The number of likely N-dealkylation sites (tertiary alicyclic amines) is 1. The van der Waals surface area contributed by atoms with Gasteiger partial charge in [-0.25, -0.2) is 8.78 Å². The van der Waals surface area contributed by atoms with Gasteiger partial charge in [-0.1, -0.05) is 0 Å². The number of methoxy groups -OCH3 is 4. The van der Waals surface area contributed by atoms with Crippen molar-refractivity contribution in [2.75, 3.05) is 46.4 Å². The molecule has 254 valence electrons. The molecule has 0 N–H and O–H groups in total. The van der Waals surface area contributed by atoms with E-state index in [0.717, 1.165) is 72.4 Å². The van der Waals surface area contributed by atoms with Crippen LogP contribution in [0.1, 0.15) is 24.0 Å². The number of hydrogen-bond acceptors (Lipinski definition) is 8. The molecule has 10 heteroatoms. The minimum Gasteiger partial charge on any atom is -0.497 e. The molecule has 1 saturated heterocycles. The molecule has 0 spiro atoms. The molecule has 0 bridgehead atoms. The highest BCUT2D eigenvalue weighted by atomic mass is 19.2. The molecular weight excluding hydrogens is 626 g/mol. The van der Waals surface area contributed by atoms with Crippen LogP contribution in [0.3, 0.4) is 0 Å². The highest BCUT2D eigenvalue weighted by Crippen LogP contribution is 2.41. The van der Waals surface area contributed by atoms with Crippen LogP contribution in [0.15, 0.2) is 91.3 Å². The fraction of sp³-hybridized carbons (Fsp3) is 0.282. The van der Waals surface area contributed by atoms with E-state index in [2.05, 4.69) is 44.0 Å². The lowest BCUT2D eigenvalue weighted by Gasteiger charge is -2.40. The van der Waals surface area contributed by atoms with Gasteiger partial charge in [0.1, 0.15) is 5.75 Å². The molecule has 0 atom stereocenters. The lowest BCUT2D eigenvalue weighted by atomic mass is 10.00. The molecule has 1 aliphatic rings. The van der Waals surface area contributed by atoms with Crippen LogP contribution in [0.2, 0.25) is 0 Å². The number of anilines is 1. The Morgan fingerprint density at radius 2 is 1.31 bits per heavy atom. The topological polar surface area (TPSA) is 69.2 Å². The van der Waals surface area contributed by atoms with E-state index in [-0.39, 0.29) is 0 Å². The zero-order chi connectivity index (χ0) is 34.3. The smallest absolute Gasteiger partial charge is 0.203 e. The van der Waals surface area contributed by atoms with E-state index < -0.39 is 11.6 Å². The van der Waals surface area contributed by atoms with Crippen molar-refractivity contribution < 1.29 is 27.7 Å². The van der Waals surface area contributed by atoms with Crippen LogP contribution in [0.25, 0.3) is 22.5 Å². The third-order valence-electron chi connectivity index (χ3n) is 8.99. The Morgan fingerprint density at radius 1 is 0.673 bits per heavy atom. The van der Waals surface area contributed by atoms with Gasteiger partial charge in [0.05, 0.1) is 39.8 Å². The van der Waals surface area contributed by atoms with E-state index in [1.54, 1.807) is 40.7 Å². The van der Waals surface area contributed by atoms with Crippen LogP contribution < -0.4 is 23.8 Å². The van der Waals surface area contributed by atoms with Crippen LogP contribution in [0.5, 0.6) is 23.0 Å². The Labute approximate surface area is 285 Å². The van der Waals surface area contributed by atoms with Gasteiger partial charge in [0.2, 0.25) is 5.75 Å². The zero-order valence-electron chi connectivity index (χ0n) is 28.2. The molecule has 5 aromatic rings. The predicted molar refractivity (Wildman–Crippen MR) is 186 cm³/mol. The van der Waals surface area contributed by atoms with Gasteiger partial charge >= 0.3 is 0 Å². The van der Waals surface area contributed by atoms with Crippen LogP contribution in [-0.2, 0) is 13.1 Å². The second-order valence-electron chi connectivity index (χ2n) is 12.0. The Hall–Kier alpha value is -5.22. The molecule has 8 nitrogen and oxygen atoms in total. The molecule has 3 heterocycles. The van der Waals surface area contributed by atoms with Crippen molar-refractivity contribution >= 4 is 5.69 Å². The van der Waals surface area contributed by atoms with Crippen molar-refractivity contribution in [1.82, 2.24) is 14.9 Å². The molecule has 2 aromatic heterocycles. The Bertz CT molecular complexity index is 1860. The standard InChI is InChI=1S/C39H40F2N4O4/c1-46-32-8-6-30(7-9-32)45(25-27-12-16-43-36(20-27)29-22-37(47-2)39(49-4)38(23-29)48-3)31-13-17-44(18-14-31)24-26-11-15-42-35(19-26)28-5-10-33(40)34(41)21-28/h5-12,15-16,19-23,31H,13-14,17-18,24-25H2,1-4H3. The van der Waals surface area contributed by atoms with Crippen LogP contribution >= 0.6 is 0 Å². The van der Waals surface area contributed by atoms with Gasteiger partial charge in [-0.2, -0.15) is 0 Å². The summed E-state index contributed by atoms with van der Waals surface area (Å²) in [5, 5.41) is 0. The van der Waals surface area contributed by atoms with Crippen LogP contribution in [0.4, 0.5) is 14.5 Å². The third kappa shape index (κ3) is 7.76. The summed E-state index contributed by atoms with van der Waals surface area (Å²) in [5.41, 5.74) is 6.18. The van der Waals surface area contributed by atoms with Gasteiger partial charge in [0, 0.05) is 61.4 Å². The highest BCUT2D eigenvalue weighted by Gasteiger charge is 2.26. The number of rotatable bonds is 12. The van der Waals surface area contributed by atoms with Crippen molar-refractivity contribution in [1.29, 1.82) is 0 Å². The monoisotopic (exact) mass is 666 g/mol. The summed E-state index contributed by atoms with van der Waals surface area (Å²) in [5.74, 6) is 0.750. The van der Waals surface area contributed by atoms with Crippen molar-refractivity contribution in [2.45, 2.75) is 32.0 Å². The van der Waals surface area contributed by atoms with Gasteiger partial charge in [0.15, 0.2) is 23.1 Å².